The van der Waals surface area contributed by atoms with Crippen LogP contribution in [-0.4, -0.2) is 71.2 Å². The highest BCUT2D eigenvalue weighted by Crippen LogP contribution is 1.86. The molecule has 0 aromatic heterocycles. The third-order valence-corrected chi connectivity index (χ3v) is 2.41. The lowest BCUT2D eigenvalue weighted by Gasteiger charge is -2.06. The molecular formula is C19H40O7. The molecule has 0 amide bonds. The van der Waals surface area contributed by atoms with Crippen molar-refractivity contribution in [3.8, 4) is 0 Å². The van der Waals surface area contributed by atoms with Crippen molar-refractivity contribution < 1.29 is 33.3 Å². The molecule has 7 heteroatoms. The van der Waals surface area contributed by atoms with E-state index in [2.05, 4.69) is 11.7 Å². The van der Waals surface area contributed by atoms with E-state index < -0.39 is 0 Å². The molecule has 0 saturated carbocycles. The lowest BCUT2D eigenvalue weighted by molar-refractivity contribution is -0.140. The van der Waals surface area contributed by atoms with Gasteiger partial charge in [-0.2, -0.15) is 0 Å². The molecule has 0 heterocycles. The van der Waals surface area contributed by atoms with Crippen molar-refractivity contribution in [3.63, 3.8) is 0 Å². The fourth-order valence-corrected chi connectivity index (χ4v) is 1.33. The van der Waals surface area contributed by atoms with E-state index in [1.54, 1.807) is 13.8 Å². The van der Waals surface area contributed by atoms with Crippen molar-refractivity contribution in [3.05, 3.63) is 0 Å². The second-order valence-electron chi connectivity index (χ2n) is 4.83. The quantitative estimate of drug-likeness (QED) is 0.319. The summed E-state index contributed by atoms with van der Waals surface area (Å²) in [5.74, 6) is -0.0629. The molecule has 0 aliphatic heterocycles. The number of ether oxygens (including phenoxy) is 5. The van der Waals surface area contributed by atoms with Gasteiger partial charge in [-0.15, -0.1) is 0 Å². The number of esters is 1. The molecule has 26 heavy (non-hydrogen) atoms. The number of ketones is 1. The topological polar surface area (TPSA) is 80.3 Å². The Balaban J connectivity index is -0.000000556. The molecule has 0 aromatic carbocycles. The zero-order valence-electron chi connectivity index (χ0n) is 17.6. The number of hydrogen-bond donors (Lipinski definition) is 0. The van der Waals surface area contributed by atoms with Crippen molar-refractivity contribution in [1.29, 1.82) is 0 Å². The van der Waals surface area contributed by atoms with Gasteiger partial charge in [0.25, 0.3) is 0 Å². The highest BCUT2D eigenvalue weighted by Gasteiger charge is 1.94. The van der Waals surface area contributed by atoms with E-state index in [0.717, 1.165) is 13.0 Å². The number of Topliss-reactive ketones (excluding diaryl/α,β-unsaturated/α-hetero) is 1. The second-order valence-corrected chi connectivity index (χ2v) is 4.83. The van der Waals surface area contributed by atoms with Gasteiger partial charge in [-0.3, -0.25) is 9.59 Å². The van der Waals surface area contributed by atoms with Crippen LogP contribution >= 0.6 is 0 Å². The first-order valence-electron chi connectivity index (χ1n) is 9.48. The Labute approximate surface area is 159 Å². The Morgan fingerprint density at radius 1 is 0.654 bits per heavy atom. The van der Waals surface area contributed by atoms with Crippen LogP contribution in [0.1, 0.15) is 54.4 Å². The van der Waals surface area contributed by atoms with Gasteiger partial charge in [0.1, 0.15) is 5.78 Å². The van der Waals surface area contributed by atoms with Gasteiger partial charge in [-0.05, 0) is 20.3 Å². The third kappa shape index (κ3) is 38.5. The zero-order valence-corrected chi connectivity index (χ0v) is 17.6. The summed E-state index contributed by atoms with van der Waals surface area (Å²) in [5, 5.41) is 0. The van der Waals surface area contributed by atoms with Crippen LogP contribution in [0.2, 0.25) is 0 Å². The van der Waals surface area contributed by atoms with Gasteiger partial charge in [0.05, 0.1) is 52.9 Å². The summed E-state index contributed by atoms with van der Waals surface area (Å²) >= 11 is 0. The molecule has 0 atom stereocenters. The van der Waals surface area contributed by atoms with Crippen LogP contribution in [0.5, 0.6) is 0 Å². The van der Waals surface area contributed by atoms with E-state index in [9.17, 15) is 9.59 Å². The molecule has 158 valence electrons. The molecule has 0 aliphatic carbocycles. The fourth-order valence-electron chi connectivity index (χ4n) is 1.33. The molecule has 0 spiro atoms. The Morgan fingerprint density at radius 2 is 1.04 bits per heavy atom. The molecule has 0 bridgehead atoms. The van der Waals surface area contributed by atoms with Gasteiger partial charge in [0.2, 0.25) is 0 Å². The normalized spacial score (nSPS) is 9.46. The minimum Gasteiger partial charge on any atom is -0.466 e. The third-order valence-electron chi connectivity index (χ3n) is 2.41. The van der Waals surface area contributed by atoms with Crippen molar-refractivity contribution in [2.24, 2.45) is 0 Å². The number of carbonyl (C=O) groups excluding carboxylic acids is 2. The standard InChI is InChI=1S/C13H26O5.C4H8O2.C2H6/c1-3-5-15-7-9-17-11-12-18-10-8-16-6-4-13(2)14;1-3-6-4(2)5;1-2/h3-12H2,1-2H3;3H2,1-2H3;1-2H3. The van der Waals surface area contributed by atoms with Gasteiger partial charge < -0.3 is 23.7 Å². The van der Waals surface area contributed by atoms with Crippen LogP contribution in [0.3, 0.4) is 0 Å². The maximum atomic E-state index is 10.6. The van der Waals surface area contributed by atoms with Gasteiger partial charge in [0, 0.05) is 20.0 Å². The fraction of sp³-hybridized carbons (Fsp3) is 0.895. The Morgan fingerprint density at radius 3 is 1.31 bits per heavy atom. The van der Waals surface area contributed by atoms with Crippen LogP contribution in [0.25, 0.3) is 0 Å². The van der Waals surface area contributed by atoms with Gasteiger partial charge in [0.15, 0.2) is 0 Å². The summed E-state index contributed by atoms with van der Waals surface area (Å²) in [5.41, 5.74) is 0. The van der Waals surface area contributed by atoms with Crippen LogP contribution < -0.4 is 0 Å². The predicted octanol–water partition coefficient (Wildman–Crippen LogP) is 3.04. The first-order valence-corrected chi connectivity index (χ1v) is 9.48. The minimum absolute atomic E-state index is 0.148. The zero-order chi connectivity index (χ0) is 20.5. The predicted molar refractivity (Wildman–Crippen MR) is 103 cm³/mol. The smallest absolute Gasteiger partial charge is 0.302 e. The molecule has 0 fully saturated rings. The van der Waals surface area contributed by atoms with Crippen LogP contribution in [-0.2, 0) is 33.3 Å². The Kier molecular flexibility index (Phi) is 32.9. The van der Waals surface area contributed by atoms with E-state index in [4.69, 9.17) is 18.9 Å². The summed E-state index contributed by atoms with van der Waals surface area (Å²) in [7, 11) is 0. The average molecular weight is 381 g/mol. The largest absolute Gasteiger partial charge is 0.466 e. The summed E-state index contributed by atoms with van der Waals surface area (Å²) in [6.45, 7) is 16.0. The SMILES string of the molecule is CC.CCCOCCOCCOCCOCCC(C)=O.CCOC(C)=O. The first-order chi connectivity index (χ1) is 12.5. The molecule has 0 aliphatic rings. The molecule has 7 nitrogen and oxygen atoms in total. The summed E-state index contributed by atoms with van der Waals surface area (Å²) < 4.78 is 25.5. The number of rotatable bonds is 15. The minimum atomic E-state index is -0.211. The molecule has 0 N–H and O–H groups in total. The Bertz CT molecular complexity index is 283. The Hall–Kier alpha value is -1.02. The summed E-state index contributed by atoms with van der Waals surface area (Å²) in [6.07, 6.45) is 1.51. The summed E-state index contributed by atoms with van der Waals surface area (Å²) in [6, 6.07) is 0. The molecule has 0 saturated heterocycles. The first kappa shape index (κ1) is 29.7. The lowest BCUT2D eigenvalue weighted by atomic mass is 10.3. The molecule has 0 rings (SSSR count). The van der Waals surface area contributed by atoms with Gasteiger partial charge in [-0.1, -0.05) is 20.8 Å². The number of carbonyl (C=O) groups is 2. The van der Waals surface area contributed by atoms with E-state index in [1.807, 2.05) is 13.8 Å². The van der Waals surface area contributed by atoms with E-state index in [-0.39, 0.29) is 11.8 Å². The maximum absolute atomic E-state index is 10.6. The van der Waals surface area contributed by atoms with Crippen LogP contribution in [0, 0.1) is 0 Å². The monoisotopic (exact) mass is 380 g/mol. The van der Waals surface area contributed by atoms with Gasteiger partial charge >= 0.3 is 5.97 Å². The van der Waals surface area contributed by atoms with Crippen molar-refractivity contribution in [2.45, 2.75) is 54.4 Å². The van der Waals surface area contributed by atoms with Crippen LogP contribution in [0.15, 0.2) is 0 Å². The van der Waals surface area contributed by atoms with Crippen LogP contribution in [0.4, 0.5) is 0 Å². The average Bonchev–Trinajstić information content (AvgIpc) is 2.61. The van der Waals surface area contributed by atoms with Gasteiger partial charge in [-0.25, -0.2) is 0 Å². The lowest BCUT2D eigenvalue weighted by Crippen LogP contribution is -2.12. The molecule has 0 unspecified atom stereocenters. The molecule has 0 aromatic rings. The number of hydrogen-bond acceptors (Lipinski definition) is 7. The van der Waals surface area contributed by atoms with Crippen molar-refractivity contribution in [2.75, 3.05) is 59.5 Å². The molecular weight excluding hydrogens is 340 g/mol. The maximum Gasteiger partial charge on any atom is 0.302 e. The summed E-state index contributed by atoms with van der Waals surface area (Å²) in [4.78, 5) is 20.4. The highest BCUT2D eigenvalue weighted by atomic mass is 16.6. The van der Waals surface area contributed by atoms with Crippen molar-refractivity contribution in [1.82, 2.24) is 0 Å². The van der Waals surface area contributed by atoms with Crippen molar-refractivity contribution >= 4 is 11.8 Å². The highest BCUT2D eigenvalue weighted by molar-refractivity contribution is 5.75. The van der Waals surface area contributed by atoms with E-state index in [0.29, 0.717) is 59.3 Å². The van der Waals surface area contributed by atoms with E-state index >= 15 is 0 Å². The van der Waals surface area contributed by atoms with E-state index in [1.165, 1.54) is 6.92 Å². The second kappa shape index (κ2) is 28.8. The molecule has 0 radical (unpaired) electrons.